The molecule has 0 spiro atoms. The summed E-state index contributed by atoms with van der Waals surface area (Å²) in [6.45, 7) is 2.78. The van der Waals surface area contributed by atoms with E-state index in [1.165, 1.54) is 29.5 Å². The molecule has 1 aliphatic heterocycles. The standard InChI is InChI=1S/C18H21FN4O2S/c1-2-3-9-15(24)23-10-5-8-14(23)17-21-22-18(26-17)16(25)20-13-7-4-6-12(19)11-13/h4,6-7,11,14H,2-3,5,8-10H2,1H3,(H,20,25)/t14-/m0/s1. The van der Waals surface area contributed by atoms with Crippen molar-refractivity contribution in [2.24, 2.45) is 0 Å². The lowest BCUT2D eigenvalue weighted by molar-refractivity contribution is -0.132. The number of hydrogen-bond donors (Lipinski definition) is 1. The first kappa shape index (κ1) is 18.4. The van der Waals surface area contributed by atoms with Crippen LogP contribution >= 0.6 is 11.3 Å². The predicted molar refractivity (Wildman–Crippen MR) is 97.5 cm³/mol. The molecule has 2 heterocycles. The molecule has 26 heavy (non-hydrogen) atoms. The minimum Gasteiger partial charge on any atom is -0.333 e. The van der Waals surface area contributed by atoms with Crippen molar-refractivity contribution in [3.63, 3.8) is 0 Å². The van der Waals surface area contributed by atoms with Crippen molar-refractivity contribution in [3.8, 4) is 0 Å². The molecule has 2 aromatic rings. The van der Waals surface area contributed by atoms with Crippen LogP contribution < -0.4 is 5.32 Å². The van der Waals surface area contributed by atoms with Crippen molar-refractivity contribution in [1.29, 1.82) is 0 Å². The highest BCUT2D eigenvalue weighted by molar-refractivity contribution is 7.13. The van der Waals surface area contributed by atoms with Gasteiger partial charge >= 0.3 is 0 Å². The van der Waals surface area contributed by atoms with Gasteiger partial charge in [-0.05, 0) is 37.5 Å². The van der Waals surface area contributed by atoms with Gasteiger partial charge in [0.1, 0.15) is 10.8 Å². The number of carbonyl (C=O) groups is 2. The summed E-state index contributed by atoms with van der Waals surface area (Å²) in [6, 6.07) is 5.57. The van der Waals surface area contributed by atoms with Crippen molar-refractivity contribution in [2.75, 3.05) is 11.9 Å². The Balaban J connectivity index is 1.68. The number of amides is 2. The molecular formula is C18H21FN4O2S. The molecular weight excluding hydrogens is 355 g/mol. The molecule has 1 aromatic carbocycles. The Kier molecular flexibility index (Phi) is 5.92. The second-order valence-electron chi connectivity index (χ2n) is 6.26. The number of carbonyl (C=O) groups excluding carboxylic acids is 2. The minimum atomic E-state index is -0.429. The number of halogens is 1. The fraction of sp³-hybridized carbons (Fsp3) is 0.444. The van der Waals surface area contributed by atoms with E-state index < -0.39 is 11.7 Å². The number of nitrogens with zero attached hydrogens (tertiary/aromatic N) is 3. The molecule has 1 aliphatic rings. The highest BCUT2D eigenvalue weighted by atomic mass is 32.1. The largest absolute Gasteiger partial charge is 0.333 e. The van der Waals surface area contributed by atoms with E-state index >= 15 is 0 Å². The van der Waals surface area contributed by atoms with Crippen molar-refractivity contribution < 1.29 is 14.0 Å². The number of hydrogen-bond acceptors (Lipinski definition) is 5. The number of aromatic nitrogens is 2. The van der Waals surface area contributed by atoms with Crippen LogP contribution in [0.2, 0.25) is 0 Å². The molecule has 2 amide bonds. The number of benzene rings is 1. The van der Waals surface area contributed by atoms with E-state index in [-0.39, 0.29) is 17.0 Å². The van der Waals surface area contributed by atoms with Crippen LogP contribution in [0.25, 0.3) is 0 Å². The van der Waals surface area contributed by atoms with E-state index in [0.717, 1.165) is 32.2 Å². The van der Waals surface area contributed by atoms with E-state index in [4.69, 9.17) is 0 Å². The molecule has 3 rings (SSSR count). The monoisotopic (exact) mass is 376 g/mol. The van der Waals surface area contributed by atoms with Gasteiger partial charge in [0.15, 0.2) is 0 Å². The van der Waals surface area contributed by atoms with Gasteiger partial charge in [-0.1, -0.05) is 30.7 Å². The Morgan fingerprint density at radius 2 is 2.23 bits per heavy atom. The molecule has 1 saturated heterocycles. The molecule has 6 nitrogen and oxygen atoms in total. The summed E-state index contributed by atoms with van der Waals surface area (Å²) >= 11 is 1.18. The third-order valence-electron chi connectivity index (χ3n) is 4.32. The fourth-order valence-electron chi connectivity index (χ4n) is 3.01. The summed E-state index contributed by atoms with van der Waals surface area (Å²) in [6.07, 6.45) is 4.15. The molecule has 0 saturated carbocycles. The Bertz CT molecular complexity index is 795. The second kappa shape index (κ2) is 8.35. The van der Waals surface area contributed by atoms with Crippen LogP contribution in [0.4, 0.5) is 10.1 Å². The lowest BCUT2D eigenvalue weighted by Crippen LogP contribution is -2.30. The fourth-order valence-corrected chi connectivity index (χ4v) is 3.89. The Labute approximate surface area is 155 Å². The molecule has 1 N–H and O–H groups in total. The van der Waals surface area contributed by atoms with Crippen molar-refractivity contribution >= 4 is 28.8 Å². The van der Waals surface area contributed by atoms with Crippen LogP contribution in [0, 0.1) is 5.82 Å². The lowest BCUT2D eigenvalue weighted by Gasteiger charge is -2.22. The SMILES string of the molecule is CCCCC(=O)N1CCC[C@H]1c1nnc(C(=O)Nc2cccc(F)c2)s1. The molecule has 0 radical (unpaired) electrons. The number of anilines is 1. The summed E-state index contributed by atoms with van der Waals surface area (Å²) in [5, 5.41) is 11.6. The summed E-state index contributed by atoms with van der Waals surface area (Å²) in [7, 11) is 0. The number of rotatable bonds is 6. The summed E-state index contributed by atoms with van der Waals surface area (Å²) in [5.74, 6) is -0.718. The Morgan fingerprint density at radius 1 is 1.38 bits per heavy atom. The summed E-state index contributed by atoms with van der Waals surface area (Å²) in [4.78, 5) is 26.5. The third-order valence-corrected chi connectivity index (χ3v) is 5.34. The van der Waals surface area contributed by atoms with Gasteiger partial charge in [-0.25, -0.2) is 4.39 Å². The van der Waals surface area contributed by atoms with Gasteiger partial charge in [0.2, 0.25) is 10.9 Å². The molecule has 1 fully saturated rings. The zero-order valence-corrected chi connectivity index (χ0v) is 15.4. The Morgan fingerprint density at radius 3 is 3.00 bits per heavy atom. The average Bonchev–Trinajstić information content (AvgIpc) is 3.28. The highest BCUT2D eigenvalue weighted by Crippen LogP contribution is 2.34. The Hall–Kier alpha value is -2.35. The van der Waals surface area contributed by atoms with E-state index in [1.807, 2.05) is 4.90 Å². The van der Waals surface area contributed by atoms with Gasteiger partial charge in [-0.2, -0.15) is 0 Å². The maximum Gasteiger partial charge on any atom is 0.286 e. The number of nitrogens with one attached hydrogen (secondary N) is 1. The predicted octanol–water partition coefficient (Wildman–Crippen LogP) is 3.78. The lowest BCUT2D eigenvalue weighted by atomic mass is 10.2. The topological polar surface area (TPSA) is 75.2 Å². The molecule has 0 bridgehead atoms. The first-order chi connectivity index (χ1) is 12.6. The molecule has 0 aliphatic carbocycles. The van der Waals surface area contributed by atoms with Gasteiger partial charge in [-0.15, -0.1) is 10.2 Å². The van der Waals surface area contributed by atoms with Crippen LogP contribution in [0.1, 0.15) is 59.9 Å². The number of unbranched alkanes of at least 4 members (excludes halogenated alkanes) is 1. The summed E-state index contributed by atoms with van der Waals surface area (Å²) in [5.41, 5.74) is 0.365. The maximum atomic E-state index is 13.2. The quantitative estimate of drug-likeness (QED) is 0.832. The van der Waals surface area contributed by atoms with Crippen molar-refractivity contribution in [1.82, 2.24) is 15.1 Å². The third kappa shape index (κ3) is 4.24. The normalized spacial score (nSPS) is 16.7. The average molecular weight is 376 g/mol. The van der Waals surface area contributed by atoms with Crippen LogP contribution in [-0.4, -0.2) is 33.5 Å². The first-order valence-corrected chi connectivity index (χ1v) is 9.60. The van der Waals surface area contributed by atoms with E-state index in [2.05, 4.69) is 22.4 Å². The molecule has 0 unspecified atom stereocenters. The van der Waals surface area contributed by atoms with Gasteiger partial charge in [0, 0.05) is 18.7 Å². The van der Waals surface area contributed by atoms with Crippen molar-refractivity contribution in [3.05, 3.63) is 40.1 Å². The van der Waals surface area contributed by atoms with Crippen LogP contribution in [0.15, 0.2) is 24.3 Å². The van der Waals surface area contributed by atoms with Gasteiger partial charge in [-0.3, -0.25) is 9.59 Å². The van der Waals surface area contributed by atoms with Gasteiger partial charge < -0.3 is 10.2 Å². The van der Waals surface area contributed by atoms with E-state index in [9.17, 15) is 14.0 Å². The first-order valence-electron chi connectivity index (χ1n) is 8.78. The molecule has 1 aromatic heterocycles. The van der Waals surface area contributed by atoms with Crippen molar-refractivity contribution in [2.45, 2.75) is 45.1 Å². The molecule has 8 heteroatoms. The maximum absolute atomic E-state index is 13.2. The highest BCUT2D eigenvalue weighted by Gasteiger charge is 2.32. The molecule has 1 atom stereocenters. The van der Waals surface area contributed by atoms with Crippen LogP contribution in [0.5, 0.6) is 0 Å². The second-order valence-corrected chi connectivity index (χ2v) is 7.27. The molecule has 138 valence electrons. The smallest absolute Gasteiger partial charge is 0.286 e. The minimum absolute atomic E-state index is 0.104. The van der Waals surface area contributed by atoms with Crippen LogP contribution in [-0.2, 0) is 4.79 Å². The van der Waals surface area contributed by atoms with Crippen LogP contribution in [0.3, 0.4) is 0 Å². The van der Waals surface area contributed by atoms with Gasteiger partial charge in [0.05, 0.1) is 6.04 Å². The summed E-state index contributed by atoms with van der Waals surface area (Å²) < 4.78 is 13.2. The zero-order valence-electron chi connectivity index (χ0n) is 14.6. The van der Waals surface area contributed by atoms with E-state index in [1.54, 1.807) is 6.07 Å². The number of likely N-dealkylation sites (tertiary alicyclic amines) is 1. The van der Waals surface area contributed by atoms with E-state index in [0.29, 0.717) is 17.1 Å². The van der Waals surface area contributed by atoms with Gasteiger partial charge in [0.25, 0.3) is 5.91 Å². The zero-order chi connectivity index (χ0) is 18.5.